The van der Waals surface area contributed by atoms with Crippen LogP contribution in [0.1, 0.15) is 48.7 Å². The molecule has 1 aliphatic rings. The quantitative estimate of drug-likeness (QED) is 0.692. The van der Waals surface area contributed by atoms with Crippen LogP contribution in [0.15, 0.2) is 12.6 Å². The molecule has 0 spiro atoms. The Labute approximate surface area is 85.9 Å². The van der Waals surface area contributed by atoms with E-state index in [2.05, 4.69) is 26.5 Å². The standard InChI is InChI=1S/C13H17N/c1-4-10-8-11-6-5-7-12(11)14-13(10)9(2)3/h4,8-9H,1,5-7H2,2-3H3. The minimum absolute atomic E-state index is 0.494. The Morgan fingerprint density at radius 3 is 2.86 bits per heavy atom. The van der Waals surface area contributed by atoms with Crippen LogP contribution in [0.5, 0.6) is 0 Å². The topological polar surface area (TPSA) is 12.9 Å². The summed E-state index contributed by atoms with van der Waals surface area (Å²) in [5.41, 5.74) is 5.19. The summed E-state index contributed by atoms with van der Waals surface area (Å²) in [5.74, 6) is 0.494. The highest BCUT2D eigenvalue weighted by atomic mass is 14.7. The average Bonchev–Trinajstić information content (AvgIpc) is 2.62. The van der Waals surface area contributed by atoms with Crippen molar-refractivity contribution in [1.82, 2.24) is 4.98 Å². The molecular weight excluding hydrogens is 170 g/mol. The molecule has 0 N–H and O–H groups in total. The summed E-state index contributed by atoms with van der Waals surface area (Å²) in [6.07, 6.45) is 5.55. The number of hydrogen-bond donors (Lipinski definition) is 0. The van der Waals surface area contributed by atoms with E-state index in [-0.39, 0.29) is 0 Å². The van der Waals surface area contributed by atoms with E-state index in [4.69, 9.17) is 4.98 Å². The van der Waals surface area contributed by atoms with E-state index in [1.807, 2.05) is 6.08 Å². The number of aryl methyl sites for hydroxylation is 2. The van der Waals surface area contributed by atoms with E-state index in [1.165, 1.54) is 35.4 Å². The van der Waals surface area contributed by atoms with Crippen LogP contribution < -0.4 is 0 Å². The summed E-state index contributed by atoms with van der Waals surface area (Å²) in [6, 6.07) is 2.28. The fourth-order valence-electron chi connectivity index (χ4n) is 2.13. The van der Waals surface area contributed by atoms with E-state index in [0.29, 0.717) is 5.92 Å². The Morgan fingerprint density at radius 1 is 1.43 bits per heavy atom. The van der Waals surface area contributed by atoms with Crippen molar-refractivity contribution in [2.24, 2.45) is 0 Å². The molecule has 1 aromatic heterocycles. The van der Waals surface area contributed by atoms with Crippen molar-refractivity contribution in [1.29, 1.82) is 0 Å². The van der Waals surface area contributed by atoms with E-state index < -0.39 is 0 Å². The Balaban J connectivity index is 2.54. The minimum atomic E-state index is 0.494. The minimum Gasteiger partial charge on any atom is -0.257 e. The first kappa shape index (κ1) is 9.45. The molecule has 1 heterocycles. The Hall–Kier alpha value is -1.11. The predicted octanol–water partition coefficient (Wildman–Crippen LogP) is 3.34. The van der Waals surface area contributed by atoms with Crippen molar-refractivity contribution in [3.05, 3.63) is 35.2 Å². The molecule has 0 unspecified atom stereocenters. The number of aromatic nitrogens is 1. The molecule has 0 saturated carbocycles. The molecule has 74 valence electrons. The Morgan fingerprint density at radius 2 is 2.21 bits per heavy atom. The summed E-state index contributed by atoms with van der Waals surface area (Å²) in [4.78, 5) is 4.75. The van der Waals surface area contributed by atoms with Gasteiger partial charge in [0.2, 0.25) is 0 Å². The van der Waals surface area contributed by atoms with Crippen molar-refractivity contribution in [3.8, 4) is 0 Å². The first-order chi connectivity index (χ1) is 6.72. The predicted molar refractivity (Wildman–Crippen MR) is 60.4 cm³/mol. The van der Waals surface area contributed by atoms with Crippen LogP contribution in [-0.2, 0) is 12.8 Å². The second-order valence-electron chi connectivity index (χ2n) is 4.28. The summed E-state index contributed by atoms with van der Waals surface area (Å²) in [7, 11) is 0. The Bertz CT molecular complexity index is 364. The molecule has 0 fully saturated rings. The van der Waals surface area contributed by atoms with Gasteiger partial charge in [0.05, 0.1) is 5.69 Å². The maximum atomic E-state index is 4.75. The number of fused-ring (bicyclic) bond motifs is 1. The second-order valence-corrected chi connectivity index (χ2v) is 4.28. The fourth-order valence-corrected chi connectivity index (χ4v) is 2.13. The molecule has 0 amide bonds. The van der Waals surface area contributed by atoms with Gasteiger partial charge in [-0.2, -0.15) is 0 Å². The van der Waals surface area contributed by atoms with Crippen LogP contribution in [0.3, 0.4) is 0 Å². The van der Waals surface area contributed by atoms with Gasteiger partial charge in [0.25, 0.3) is 0 Å². The molecule has 0 bridgehead atoms. The molecule has 1 aromatic rings. The van der Waals surface area contributed by atoms with Crippen molar-refractivity contribution in [2.75, 3.05) is 0 Å². The zero-order valence-corrected chi connectivity index (χ0v) is 9.01. The van der Waals surface area contributed by atoms with Gasteiger partial charge in [0.15, 0.2) is 0 Å². The number of pyridine rings is 1. The van der Waals surface area contributed by atoms with Crippen LogP contribution in [-0.4, -0.2) is 4.98 Å². The summed E-state index contributed by atoms with van der Waals surface area (Å²) >= 11 is 0. The number of hydrogen-bond acceptors (Lipinski definition) is 1. The van der Waals surface area contributed by atoms with Gasteiger partial charge in [-0.25, -0.2) is 0 Å². The summed E-state index contributed by atoms with van der Waals surface area (Å²) < 4.78 is 0. The first-order valence-electron chi connectivity index (χ1n) is 5.37. The van der Waals surface area contributed by atoms with Gasteiger partial charge in [-0.3, -0.25) is 4.98 Å². The normalized spacial score (nSPS) is 14.5. The largest absolute Gasteiger partial charge is 0.257 e. The molecule has 1 heteroatoms. The van der Waals surface area contributed by atoms with Gasteiger partial charge in [0, 0.05) is 5.69 Å². The highest BCUT2D eigenvalue weighted by Gasteiger charge is 2.16. The highest BCUT2D eigenvalue weighted by molar-refractivity contribution is 5.53. The third-order valence-corrected chi connectivity index (χ3v) is 2.88. The van der Waals surface area contributed by atoms with E-state index >= 15 is 0 Å². The molecule has 2 rings (SSSR count). The monoisotopic (exact) mass is 187 g/mol. The lowest BCUT2D eigenvalue weighted by Crippen LogP contribution is -2.01. The van der Waals surface area contributed by atoms with Crippen molar-refractivity contribution in [2.45, 2.75) is 39.0 Å². The smallest absolute Gasteiger partial charge is 0.0504 e. The van der Waals surface area contributed by atoms with Crippen molar-refractivity contribution in [3.63, 3.8) is 0 Å². The van der Waals surface area contributed by atoms with Crippen LogP contribution >= 0.6 is 0 Å². The summed E-state index contributed by atoms with van der Waals surface area (Å²) in [5, 5.41) is 0. The lowest BCUT2D eigenvalue weighted by molar-refractivity contribution is 0.803. The van der Waals surface area contributed by atoms with Crippen LogP contribution in [0.4, 0.5) is 0 Å². The zero-order valence-electron chi connectivity index (χ0n) is 9.01. The molecule has 0 aliphatic heterocycles. The molecule has 1 aliphatic carbocycles. The fraction of sp³-hybridized carbons (Fsp3) is 0.462. The van der Waals surface area contributed by atoms with Crippen molar-refractivity contribution < 1.29 is 0 Å². The lowest BCUT2D eigenvalue weighted by Gasteiger charge is -2.11. The van der Waals surface area contributed by atoms with E-state index in [1.54, 1.807) is 0 Å². The molecule has 1 nitrogen and oxygen atoms in total. The van der Waals surface area contributed by atoms with Crippen molar-refractivity contribution >= 4 is 6.08 Å². The van der Waals surface area contributed by atoms with Gasteiger partial charge >= 0.3 is 0 Å². The maximum Gasteiger partial charge on any atom is 0.0504 e. The molecule has 0 aromatic carbocycles. The molecule has 0 radical (unpaired) electrons. The second kappa shape index (κ2) is 3.56. The number of rotatable bonds is 2. The van der Waals surface area contributed by atoms with E-state index in [9.17, 15) is 0 Å². The van der Waals surface area contributed by atoms with Crippen LogP contribution in [0, 0.1) is 0 Å². The van der Waals surface area contributed by atoms with Gasteiger partial charge in [-0.15, -0.1) is 0 Å². The molecule has 0 saturated heterocycles. The Kier molecular flexibility index (Phi) is 2.40. The van der Waals surface area contributed by atoms with Gasteiger partial charge in [-0.1, -0.05) is 26.5 Å². The molecular formula is C13H17N. The third-order valence-electron chi connectivity index (χ3n) is 2.88. The third kappa shape index (κ3) is 1.47. The lowest BCUT2D eigenvalue weighted by atomic mass is 10.0. The molecule has 0 atom stereocenters. The highest BCUT2D eigenvalue weighted by Crippen LogP contribution is 2.26. The SMILES string of the molecule is C=Cc1cc2c(nc1C(C)C)CCC2. The average molecular weight is 187 g/mol. The van der Waals surface area contributed by atoms with Gasteiger partial charge in [-0.05, 0) is 42.4 Å². The number of nitrogens with zero attached hydrogens (tertiary/aromatic N) is 1. The van der Waals surface area contributed by atoms with Crippen LogP contribution in [0.25, 0.3) is 6.08 Å². The zero-order chi connectivity index (χ0) is 10.1. The first-order valence-corrected chi connectivity index (χ1v) is 5.37. The van der Waals surface area contributed by atoms with Gasteiger partial charge in [0.1, 0.15) is 0 Å². The van der Waals surface area contributed by atoms with Gasteiger partial charge < -0.3 is 0 Å². The maximum absolute atomic E-state index is 4.75. The van der Waals surface area contributed by atoms with E-state index in [0.717, 1.165) is 6.42 Å². The summed E-state index contributed by atoms with van der Waals surface area (Å²) in [6.45, 7) is 8.24. The van der Waals surface area contributed by atoms with Crippen LogP contribution in [0.2, 0.25) is 0 Å². The molecule has 14 heavy (non-hydrogen) atoms.